The van der Waals surface area contributed by atoms with E-state index in [1.54, 1.807) is 0 Å². The van der Waals surface area contributed by atoms with Crippen molar-refractivity contribution >= 4 is 0 Å². The zero-order valence-corrected chi connectivity index (χ0v) is 9.18. The number of H-pyrrole nitrogens is 1. The molecule has 0 bridgehead atoms. The Balaban J connectivity index is 3.01. The van der Waals surface area contributed by atoms with E-state index in [2.05, 4.69) is 16.9 Å². The number of nitrogens with zero attached hydrogens (tertiary/aromatic N) is 1. The minimum atomic E-state index is 0.0166. The van der Waals surface area contributed by atoms with Crippen LogP contribution in [0, 0.1) is 6.92 Å². The molecule has 1 N–H and O–H groups in total. The van der Waals surface area contributed by atoms with Crippen molar-refractivity contribution in [3.8, 4) is 0 Å². The molecule has 0 spiro atoms. The van der Waals surface area contributed by atoms with Crippen molar-refractivity contribution in [3.05, 3.63) is 27.4 Å². The summed E-state index contributed by atoms with van der Waals surface area (Å²) >= 11 is 0. The highest BCUT2D eigenvalue weighted by Crippen LogP contribution is 2.04. The van der Waals surface area contributed by atoms with Crippen LogP contribution in [0.5, 0.6) is 0 Å². The Bertz CT molecular complexity index is 355. The van der Waals surface area contributed by atoms with Gasteiger partial charge in [0.25, 0.3) is 5.56 Å². The van der Waals surface area contributed by atoms with E-state index in [-0.39, 0.29) is 5.56 Å². The van der Waals surface area contributed by atoms with Crippen molar-refractivity contribution in [2.24, 2.45) is 0 Å². The van der Waals surface area contributed by atoms with Gasteiger partial charge in [0, 0.05) is 12.0 Å². The van der Waals surface area contributed by atoms with Crippen molar-refractivity contribution < 1.29 is 0 Å². The zero-order valence-electron chi connectivity index (χ0n) is 9.18. The second-order valence-corrected chi connectivity index (χ2v) is 3.54. The number of hydrogen-bond donors (Lipinski definition) is 1. The molecule has 0 radical (unpaired) electrons. The summed E-state index contributed by atoms with van der Waals surface area (Å²) in [5, 5.41) is 0. The molecule has 3 heteroatoms. The molecule has 1 aromatic heterocycles. The van der Waals surface area contributed by atoms with Crippen molar-refractivity contribution in [3.63, 3.8) is 0 Å². The molecule has 1 heterocycles. The van der Waals surface area contributed by atoms with E-state index in [0.717, 1.165) is 42.8 Å². The summed E-state index contributed by atoms with van der Waals surface area (Å²) in [6, 6.07) is 0. The van der Waals surface area contributed by atoms with Crippen LogP contribution in [0.1, 0.15) is 43.8 Å². The fourth-order valence-electron chi connectivity index (χ4n) is 1.39. The first-order chi connectivity index (χ1) is 6.69. The minimum Gasteiger partial charge on any atom is -0.310 e. The van der Waals surface area contributed by atoms with Crippen LogP contribution in [0.4, 0.5) is 0 Å². The van der Waals surface area contributed by atoms with Gasteiger partial charge in [0.1, 0.15) is 5.82 Å². The number of unbranched alkanes of at least 4 members (excludes halogenated alkanes) is 1. The zero-order chi connectivity index (χ0) is 10.6. The van der Waals surface area contributed by atoms with Gasteiger partial charge in [0.15, 0.2) is 0 Å². The van der Waals surface area contributed by atoms with Crippen LogP contribution in [0.2, 0.25) is 0 Å². The average molecular weight is 194 g/mol. The van der Waals surface area contributed by atoms with Gasteiger partial charge in [0.2, 0.25) is 0 Å². The van der Waals surface area contributed by atoms with Gasteiger partial charge in [-0.3, -0.25) is 4.79 Å². The Hall–Kier alpha value is -1.12. The Labute approximate surface area is 84.6 Å². The third-order valence-electron chi connectivity index (χ3n) is 2.40. The number of rotatable bonds is 4. The standard InChI is InChI=1S/C11H18N2O/c1-4-6-7-9-8(3)11(14)13-10(5-2)12-9/h4-7H2,1-3H3,(H,12,13,14). The van der Waals surface area contributed by atoms with Gasteiger partial charge < -0.3 is 4.98 Å². The summed E-state index contributed by atoms with van der Waals surface area (Å²) in [7, 11) is 0. The summed E-state index contributed by atoms with van der Waals surface area (Å²) in [5.41, 5.74) is 1.76. The summed E-state index contributed by atoms with van der Waals surface area (Å²) < 4.78 is 0. The molecule has 0 saturated carbocycles. The first kappa shape index (κ1) is 11.0. The van der Waals surface area contributed by atoms with E-state index in [1.807, 2.05) is 13.8 Å². The molecule has 0 aromatic carbocycles. The second kappa shape index (κ2) is 4.94. The lowest BCUT2D eigenvalue weighted by atomic mass is 10.1. The van der Waals surface area contributed by atoms with E-state index >= 15 is 0 Å². The molecule has 1 rings (SSSR count). The van der Waals surface area contributed by atoms with Gasteiger partial charge in [-0.1, -0.05) is 20.3 Å². The average Bonchev–Trinajstić information content (AvgIpc) is 2.20. The normalized spacial score (nSPS) is 10.5. The largest absolute Gasteiger partial charge is 0.310 e. The van der Waals surface area contributed by atoms with Crippen molar-refractivity contribution in [2.75, 3.05) is 0 Å². The molecule has 14 heavy (non-hydrogen) atoms. The monoisotopic (exact) mass is 194 g/mol. The molecule has 0 aliphatic rings. The number of aromatic amines is 1. The Morgan fingerprint density at radius 2 is 2.07 bits per heavy atom. The van der Waals surface area contributed by atoms with Crippen LogP contribution in [0.15, 0.2) is 4.79 Å². The number of hydrogen-bond acceptors (Lipinski definition) is 2. The third kappa shape index (κ3) is 2.44. The van der Waals surface area contributed by atoms with Gasteiger partial charge in [-0.05, 0) is 19.8 Å². The molecule has 0 atom stereocenters. The van der Waals surface area contributed by atoms with Crippen LogP contribution in [-0.4, -0.2) is 9.97 Å². The molecule has 0 fully saturated rings. The summed E-state index contributed by atoms with van der Waals surface area (Å²) in [6.45, 7) is 5.98. The Kier molecular flexibility index (Phi) is 3.86. The lowest BCUT2D eigenvalue weighted by Crippen LogP contribution is -2.17. The molecule has 3 nitrogen and oxygen atoms in total. The second-order valence-electron chi connectivity index (χ2n) is 3.54. The minimum absolute atomic E-state index is 0.0166. The maximum absolute atomic E-state index is 11.5. The highest BCUT2D eigenvalue weighted by Gasteiger charge is 2.05. The van der Waals surface area contributed by atoms with Crippen molar-refractivity contribution in [1.29, 1.82) is 0 Å². The molecular weight excluding hydrogens is 176 g/mol. The summed E-state index contributed by atoms with van der Waals surface area (Å²) in [5.74, 6) is 0.798. The van der Waals surface area contributed by atoms with Crippen LogP contribution in [0.3, 0.4) is 0 Å². The fourth-order valence-corrected chi connectivity index (χ4v) is 1.39. The third-order valence-corrected chi connectivity index (χ3v) is 2.40. The lowest BCUT2D eigenvalue weighted by Gasteiger charge is -2.05. The molecule has 0 aliphatic heterocycles. The topological polar surface area (TPSA) is 45.8 Å². The van der Waals surface area contributed by atoms with Crippen LogP contribution >= 0.6 is 0 Å². The molecule has 0 unspecified atom stereocenters. The molecule has 0 saturated heterocycles. The van der Waals surface area contributed by atoms with Gasteiger partial charge in [0.05, 0.1) is 5.69 Å². The van der Waals surface area contributed by atoms with E-state index in [9.17, 15) is 4.79 Å². The van der Waals surface area contributed by atoms with E-state index < -0.39 is 0 Å². The van der Waals surface area contributed by atoms with Crippen LogP contribution < -0.4 is 5.56 Å². The van der Waals surface area contributed by atoms with E-state index in [1.165, 1.54) is 0 Å². The number of aromatic nitrogens is 2. The summed E-state index contributed by atoms with van der Waals surface area (Å²) in [6.07, 6.45) is 3.93. The predicted octanol–water partition coefficient (Wildman–Crippen LogP) is 1.98. The van der Waals surface area contributed by atoms with E-state index in [4.69, 9.17) is 0 Å². The first-order valence-corrected chi connectivity index (χ1v) is 5.27. The number of nitrogens with one attached hydrogen (secondary N) is 1. The molecule has 0 amide bonds. The molecular formula is C11H18N2O. The smallest absolute Gasteiger partial charge is 0.254 e. The maximum Gasteiger partial charge on any atom is 0.254 e. The quantitative estimate of drug-likeness (QED) is 0.796. The van der Waals surface area contributed by atoms with Gasteiger partial charge in [-0.25, -0.2) is 4.98 Å². The summed E-state index contributed by atoms with van der Waals surface area (Å²) in [4.78, 5) is 18.7. The highest BCUT2D eigenvalue weighted by atomic mass is 16.1. The van der Waals surface area contributed by atoms with Gasteiger partial charge >= 0.3 is 0 Å². The predicted molar refractivity (Wildman–Crippen MR) is 57.6 cm³/mol. The fraction of sp³-hybridized carbons (Fsp3) is 0.636. The Morgan fingerprint density at radius 1 is 1.36 bits per heavy atom. The van der Waals surface area contributed by atoms with E-state index in [0.29, 0.717) is 0 Å². The molecule has 1 aromatic rings. The van der Waals surface area contributed by atoms with Crippen LogP contribution in [-0.2, 0) is 12.8 Å². The van der Waals surface area contributed by atoms with Gasteiger partial charge in [-0.15, -0.1) is 0 Å². The van der Waals surface area contributed by atoms with Gasteiger partial charge in [-0.2, -0.15) is 0 Å². The van der Waals surface area contributed by atoms with Crippen molar-refractivity contribution in [1.82, 2.24) is 9.97 Å². The Morgan fingerprint density at radius 3 is 2.64 bits per heavy atom. The molecule has 0 aliphatic carbocycles. The first-order valence-electron chi connectivity index (χ1n) is 5.27. The van der Waals surface area contributed by atoms with Crippen molar-refractivity contribution in [2.45, 2.75) is 46.5 Å². The molecule has 78 valence electrons. The maximum atomic E-state index is 11.5. The lowest BCUT2D eigenvalue weighted by molar-refractivity contribution is 0.749. The van der Waals surface area contributed by atoms with Crippen LogP contribution in [0.25, 0.3) is 0 Å². The highest BCUT2D eigenvalue weighted by molar-refractivity contribution is 5.16. The SMILES string of the molecule is CCCCc1nc(CC)[nH]c(=O)c1C. The number of aryl methyl sites for hydroxylation is 2.